The molecule has 8 nitrogen and oxygen atoms in total. The Morgan fingerprint density at radius 1 is 1.10 bits per heavy atom. The quantitative estimate of drug-likeness (QED) is 0.377. The van der Waals surface area contributed by atoms with Crippen molar-refractivity contribution in [3.63, 3.8) is 0 Å². The van der Waals surface area contributed by atoms with Gasteiger partial charge in [0.15, 0.2) is 17.5 Å². The van der Waals surface area contributed by atoms with Crippen LogP contribution in [0.15, 0.2) is 41.4 Å². The van der Waals surface area contributed by atoms with Gasteiger partial charge >= 0.3 is 0 Å². The van der Waals surface area contributed by atoms with E-state index in [1.54, 1.807) is 7.11 Å². The van der Waals surface area contributed by atoms with Crippen LogP contribution in [0.5, 0.6) is 17.2 Å². The van der Waals surface area contributed by atoms with Crippen molar-refractivity contribution < 1.29 is 23.7 Å². The van der Waals surface area contributed by atoms with Gasteiger partial charge in [0.25, 0.3) is 0 Å². The van der Waals surface area contributed by atoms with Gasteiger partial charge in [-0.15, -0.1) is 0 Å². The predicted octanol–water partition coefficient (Wildman–Crippen LogP) is 2.23. The molecule has 0 radical (unpaired) electrons. The summed E-state index contributed by atoms with van der Waals surface area (Å²) in [5.41, 5.74) is 13.3. The molecule has 0 unspecified atom stereocenters. The second-order valence-corrected chi connectivity index (χ2v) is 6.52. The first-order chi connectivity index (χ1) is 14.1. The molecule has 0 saturated heterocycles. The number of nitrogens with zero attached hydrogens (tertiary/aromatic N) is 1. The van der Waals surface area contributed by atoms with Gasteiger partial charge in [-0.3, -0.25) is 4.79 Å². The Hall–Kier alpha value is -3.26. The van der Waals surface area contributed by atoms with Crippen molar-refractivity contribution in [2.24, 2.45) is 16.5 Å². The number of rotatable bonds is 9. The minimum absolute atomic E-state index is 0.213. The fourth-order valence-electron chi connectivity index (χ4n) is 2.98. The first-order valence-electron chi connectivity index (χ1n) is 9.34. The molecule has 0 aromatic heterocycles. The third-order valence-electron chi connectivity index (χ3n) is 4.36. The Morgan fingerprint density at radius 2 is 1.93 bits per heavy atom. The van der Waals surface area contributed by atoms with Crippen LogP contribution in [0.1, 0.15) is 18.4 Å². The third-order valence-corrected chi connectivity index (χ3v) is 4.36. The molecule has 0 bridgehead atoms. The van der Waals surface area contributed by atoms with E-state index < -0.39 is 0 Å². The number of carbonyl (C=O) groups is 1. The van der Waals surface area contributed by atoms with Gasteiger partial charge in [0.2, 0.25) is 12.7 Å². The van der Waals surface area contributed by atoms with Crippen LogP contribution in [-0.2, 0) is 16.0 Å². The lowest BCUT2D eigenvalue weighted by Crippen LogP contribution is -2.24. The third kappa shape index (κ3) is 5.61. The standard InChI is InChI=1S/C21H25N3O5/c1-26-9-2-10-27-18-11-14(4-8-20(25)24-21(22)23)3-6-16(18)15-5-7-17-19(12-15)29-13-28-17/h3,5-7,11-12H,2,4,8-10,13H2,1H3,(H4,22,23,24,25). The minimum Gasteiger partial charge on any atom is -0.493 e. The lowest BCUT2D eigenvalue weighted by atomic mass is 10.00. The molecule has 1 aliphatic heterocycles. The second-order valence-electron chi connectivity index (χ2n) is 6.52. The molecule has 0 saturated carbocycles. The van der Waals surface area contributed by atoms with Gasteiger partial charge in [-0.2, -0.15) is 4.99 Å². The average Bonchev–Trinajstić information content (AvgIpc) is 3.17. The average molecular weight is 399 g/mol. The number of ether oxygens (including phenoxy) is 4. The molecule has 8 heteroatoms. The van der Waals surface area contributed by atoms with Crippen molar-refractivity contribution in [2.45, 2.75) is 19.3 Å². The number of amides is 1. The lowest BCUT2D eigenvalue weighted by Gasteiger charge is -2.14. The van der Waals surface area contributed by atoms with Crippen LogP contribution in [0.4, 0.5) is 0 Å². The maximum Gasteiger partial charge on any atom is 0.249 e. The molecule has 3 rings (SSSR count). The molecule has 29 heavy (non-hydrogen) atoms. The van der Waals surface area contributed by atoms with Crippen molar-refractivity contribution in [1.29, 1.82) is 0 Å². The zero-order valence-electron chi connectivity index (χ0n) is 16.3. The van der Waals surface area contributed by atoms with E-state index in [2.05, 4.69) is 4.99 Å². The summed E-state index contributed by atoms with van der Waals surface area (Å²) >= 11 is 0. The smallest absolute Gasteiger partial charge is 0.249 e. The van der Waals surface area contributed by atoms with E-state index in [-0.39, 0.29) is 25.1 Å². The van der Waals surface area contributed by atoms with Crippen molar-refractivity contribution >= 4 is 11.9 Å². The summed E-state index contributed by atoms with van der Waals surface area (Å²) in [5, 5.41) is 0. The summed E-state index contributed by atoms with van der Waals surface area (Å²) in [6, 6.07) is 11.7. The van der Waals surface area contributed by atoms with Crippen molar-refractivity contribution in [3.05, 3.63) is 42.0 Å². The van der Waals surface area contributed by atoms with Crippen LogP contribution >= 0.6 is 0 Å². The Balaban J connectivity index is 1.81. The van der Waals surface area contributed by atoms with Gasteiger partial charge in [0.05, 0.1) is 6.61 Å². The van der Waals surface area contributed by atoms with E-state index in [0.29, 0.717) is 25.4 Å². The number of fused-ring (bicyclic) bond motifs is 1. The molecule has 154 valence electrons. The van der Waals surface area contributed by atoms with E-state index in [9.17, 15) is 4.79 Å². The lowest BCUT2D eigenvalue weighted by molar-refractivity contribution is -0.117. The molecule has 2 aromatic carbocycles. The van der Waals surface area contributed by atoms with Crippen LogP contribution < -0.4 is 25.7 Å². The maximum atomic E-state index is 11.7. The van der Waals surface area contributed by atoms with Crippen molar-refractivity contribution in [1.82, 2.24) is 0 Å². The summed E-state index contributed by atoms with van der Waals surface area (Å²) < 4.78 is 22.0. The van der Waals surface area contributed by atoms with Crippen LogP contribution in [0.2, 0.25) is 0 Å². The Morgan fingerprint density at radius 3 is 2.72 bits per heavy atom. The molecule has 2 aromatic rings. The highest BCUT2D eigenvalue weighted by molar-refractivity contribution is 5.91. The number of aryl methyl sites for hydroxylation is 1. The van der Waals surface area contributed by atoms with Gasteiger partial charge < -0.3 is 30.4 Å². The first-order valence-corrected chi connectivity index (χ1v) is 9.34. The molecule has 1 amide bonds. The number of aliphatic imine (C=N–C) groups is 1. The van der Waals surface area contributed by atoms with Gasteiger partial charge in [-0.25, -0.2) is 0 Å². The van der Waals surface area contributed by atoms with Gasteiger partial charge in [0, 0.05) is 32.1 Å². The molecular weight excluding hydrogens is 374 g/mol. The molecule has 0 atom stereocenters. The van der Waals surface area contributed by atoms with Crippen LogP contribution in [0, 0.1) is 0 Å². The number of nitrogens with two attached hydrogens (primary N) is 2. The second kappa shape index (κ2) is 9.79. The number of hydrogen-bond acceptors (Lipinski definition) is 5. The SMILES string of the molecule is COCCCOc1cc(CCC(=O)N=C(N)N)ccc1-c1ccc2c(c1)OCO2. The maximum absolute atomic E-state index is 11.7. The zero-order chi connectivity index (χ0) is 20.6. The van der Waals surface area contributed by atoms with Crippen LogP contribution in [-0.4, -0.2) is 39.0 Å². The minimum atomic E-state index is -0.354. The monoisotopic (exact) mass is 399 g/mol. The molecule has 0 spiro atoms. The Bertz CT molecular complexity index is 894. The highest BCUT2D eigenvalue weighted by atomic mass is 16.7. The summed E-state index contributed by atoms with van der Waals surface area (Å²) in [6.45, 7) is 1.36. The fourth-order valence-corrected chi connectivity index (χ4v) is 2.98. The van der Waals surface area contributed by atoms with E-state index in [1.807, 2.05) is 36.4 Å². The Labute approximate surface area is 169 Å². The number of carbonyl (C=O) groups excluding carboxylic acids is 1. The Kier molecular flexibility index (Phi) is 6.91. The summed E-state index contributed by atoms with van der Waals surface area (Å²) in [5.74, 6) is 1.58. The summed E-state index contributed by atoms with van der Waals surface area (Å²) in [7, 11) is 1.66. The van der Waals surface area contributed by atoms with Gasteiger partial charge in [0.1, 0.15) is 5.75 Å². The van der Waals surface area contributed by atoms with Crippen molar-refractivity contribution in [3.8, 4) is 28.4 Å². The number of benzene rings is 2. The first kappa shape index (κ1) is 20.5. The number of methoxy groups -OCH3 is 1. The topological polar surface area (TPSA) is 118 Å². The predicted molar refractivity (Wildman–Crippen MR) is 109 cm³/mol. The van der Waals surface area contributed by atoms with E-state index in [0.717, 1.165) is 34.6 Å². The molecule has 1 aliphatic rings. The highest BCUT2D eigenvalue weighted by Crippen LogP contribution is 2.39. The van der Waals surface area contributed by atoms with Crippen LogP contribution in [0.25, 0.3) is 11.1 Å². The number of hydrogen-bond donors (Lipinski definition) is 2. The fraction of sp³-hybridized carbons (Fsp3) is 0.333. The van der Waals surface area contributed by atoms with Crippen molar-refractivity contribution in [2.75, 3.05) is 27.1 Å². The van der Waals surface area contributed by atoms with E-state index >= 15 is 0 Å². The zero-order valence-corrected chi connectivity index (χ0v) is 16.3. The van der Waals surface area contributed by atoms with Gasteiger partial charge in [-0.05, 0) is 35.7 Å². The largest absolute Gasteiger partial charge is 0.493 e. The highest BCUT2D eigenvalue weighted by Gasteiger charge is 2.16. The van der Waals surface area contributed by atoms with Crippen LogP contribution in [0.3, 0.4) is 0 Å². The molecule has 1 heterocycles. The molecule has 0 aliphatic carbocycles. The van der Waals surface area contributed by atoms with E-state index in [4.69, 9.17) is 30.4 Å². The molecule has 0 fully saturated rings. The number of guanidine groups is 1. The van der Waals surface area contributed by atoms with E-state index in [1.165, 1.54) is 0 Å². The summed E-state index contributed by atoms with van der Waals surface area (Å²) in [6.07, 6.45) is 1.49. The summed E-state index contributed by atoms with van der Waals surface area (Å²) in [4.78, 5) is 15.3. The molecular formula is C21H25N3O5. The normalized spacial score (nSPS) is 11.9. The molecule has 4 N–H and O–H groups in total. The van der Waals surface area contributed by atoms with Gasteiger partial charge in [-0.1, -0.05) is 18.2 Å².